The van der Waals surface area contributed by atoms with Gasteiger partial charge in [0.1, 0.15) is 11.5 Å². The molecular weight excluding hydrogens is 542 g/mol. The van der Waals surface area contributed by atoms with E-state index in [-0.39, 0.29) is 17.7 Å². The largest absolute Gasteiger partial charge is 0.478 e. The Morgan fingerprint density at radius 2 is 1.85 bits per heavy atom. The molecule has 0 unspecified atom stereocenters. The number of nitrogens with zero attached hydrogens (tertiary/aromatic N) is 3. The van der Waals surface area contributed by atoms with Crippen molar-refractivity contribution in [1.29, 1.82) is 0 Å². The predicted octanol–water partition coefficient (Wildman–Crippen LogP) is 4.13. The average Bonchev–Trinajstić information content (AvgIpc) is 3.52. The molecule has 5 rings (SSSR count). The van der Waals surface area contributed by atoms with Crippen molar-refractivity contribution in [3.8, 4) is 11.3 Å². The fourth-order valence-corrected chi connectivity index (χ4v) is 5.93. The van der Waals surface area contributed by atoms with Gasteiger partial charge in [-0.2, -0.15) is 0 Å². The third-order valence-electron chi connectivity index (χ3n) is 6.97. The molecule has 0 aliphatic carbocycles. The van der Waals surface area contributed by atoms with E-state index in [9.17, 15) is 19.5 Å². The summed E-state index contributed by atoms with van der Waals surface area (Å²) in [5, 5.41) is 9.47. The molecule has 41 heavy (non-hydrogen) atoms. The maximum Gasteiger partial charge on any atom is 0.338 e. The average molecular weight is 572 g/mol. The molecule has 1 aliphatic rings. The summed E-state index contributed by atoms with van der Waals surface area (Å²) in [6, 6.07) is 15.5. The van der Waals surface area contributed by atoms with Crippen LogP contribution in [0.4, 0.5) is 5.69 Å². The Morgan fingerprint density at radius 1 is 1.12 bits per heavy atom. The number of allylic oxidation sites excluding steroid dienone is 1. The normalized spacial score (nSPS) is 15.0. The molecule has 2 aromatic heterocycles. The molecule has 0 spiro atoms. The highest BCUT2D eigenvalue weighted by molar-refractivity contribution is 7.07. The molecule has 3 heterocycles. The van der Waals surface area contributed by atoms with Gasteiger partial charge in [0.05, 0.1) is 34.0 Å². The maximum absolute atomic E-state index is 13.9. The first kappa shape index (κ1) is 27.9. The first-order valence-corrected chi connectivity index (χ1v) is 13.8. The number of thiazole rings is 1. The van der Waals surface area contributed by atoms with Crippen LogP contribution in [0.3, 0.4) is 0 Å². The van der Waals surface area contributed by atoms with E-state index in [4.69, 9.17) is 9.15 Å². The van der Waals surface area contributed by atoms with Crippen molar-refractivity contribution in [3.05, 3.63) is 108 Å². The minimum Gasteiger partial charge on any atom is -0.478 e. The van der Waals surface area contributed by atoms with E-state index in [0.717, 1.165) is 11.3 Å². The SMILES string of the molecule is CCOC(=O)C1=C(C)N=c2s/c(=C\c3ccc(-c4cccc(C(=O)O)c4C)o3)c(=O)n2[C@@H]1c1ccc(N(C)C)cc1. The van der Waals surface area contributed by atoms with Gasteiger partial charge in [-0.15, -0.1) is 0 Å². The van der Waals surface area contributed by atoms with Crippen LogP contribution in [0.25, 0.3) is 17.4 Å². The minimum absolute atomic E-state index is 0.195. The number of hydrogen-bond donors (Lipinski definition) is 1. The lowest BCUT2D eigenvalue weighted by Crippen LogP contribution is -2.39. The van der Waals surface area contributed by atoms with Gasteiger partial charge >= 0.3 is 11.9 Å². The second-order valence-electron chi connectivity index (χ2n) is 9.77. The van der Waals surface area contributed by atoms with Crippen LogP contribution in [0.2, 0.25) is 0 Å². The molecule has 1 atom stereocenters. The zero-order valence-electron chi connectivity index (χ0n) is 23.3. The molecule has 2 aromatic carbocycles. The van der Waals surface area contributed by atoms with E-state index in [1.807, 2.05) is 43.3 Å². The van der Waals surface area contributed by atoms with Gasteiger partial charge in [-0.05, 0) is 62.2 Å². The van der Waals surface area contributed by atoms with Gasteiger partial charge in [-0.3, -0.25) is 9.36 Å². The van der Waals surface area contributed by atoms with Crippen LogP contribution >= 0.6 is 11.3 Å². The van der Waals surface area contributed by atoms with Gasteiger partial charge in [0.2, 0.25) is 0 Å². The summed E-state index contributed by atoms with van der Waals surface area (Å²) in [4.78, 5) is 45.6. The number of furan rings is 1. The first-order valence-electron chi connectivity index (χ1n) is 13.0. The third kappa shape index (κ3) is 5.14. The van der Waals surface area contributed by atoms with E-state index < -0.39 is 18.0 Å². The highest BCUT2D eigenvalue weighted by atomic mass is 32.1. The van der Waals surface area contributed by atoms with E-state index in [1.54, 1.807) is 57.2 Å². The van der Waals surface area contributed by atoms with Crippen molar-refractivity contribution in [2.24, 2.45) is 4.99 Å². The Morgan fingerprint density at radius 3 is 2.51 bits per heavy atom. The number of aromatic carboxylic acids is 1. The van der Waals surface area contributed by atoms with E-state index >= 15 is 0 Å². The lowest BCUT2D eigenvalue weighted by molar-refractivity contribution is -0.139. The lowest BCUT2D eigenvalue weighted by Gasteiger charge is -2.25. The predicted molar refractivity (Wildman–Crippen MR) is 157 cm³/mol. The summed E-state index contributed by atoms with van der Waals surface area (Å²) in [7, 11) is 3.88. The van der Waals surface area contributed by atoms with Crippen molar-refractivity contribution in [1.82, 2.24) is 4.57 Å². The number of aromatic nitrogens is 1. The zero-order valence-corrected chi connectivity index (χ0v) is 24.1. The number of anilines is 1. The zero-order chi connectivity index (χ0) is 29.4. The lowest BCUT2D eigenvalue weighted by atomic mass is 9.95. The second-order valence-corrected chi connectivity index (χ2v) is 10.8. The standard InChI is InChI=1S/C31H29N3O6S/c1-6-39-30(38)26-18(3)32-31-34(27(26)19-10-12-20(13-11-19)33(4)5)28(35)25(41-31)16-21-14-15-24(40-21)22-8-7-9-23(17(22)2)29(36)37/h7-16,27H,6H2,1-5H3,(H,36,37)/b25-16-/t27-/m1/s1. The number of hydrogen-bond acceptors (Lipinski definition) is 8. The summed E-state index contributed by atoms with van der Waals surface area (Å²) >= 11 is 1.20. The maximum atomic E-state index is 13.9. The summed E-state index contributed by atoms with van der Waals surface area (Å²) in [6.07, 6.45) is 1.64. The van der Waals surface area contributed by atoms with Crippen molar-refractivity contribution in [3.63, 3.8) is 0 Å². The molecule has 0 radical (unpaired) electrons. The monoisotopic (exact) mass is 571 g/mol. The molecule has 9 nitrogen and oxygen atoms in total. The van der Waals surface area contributed by atoms with Crippen LogP contribution in [-0.2, 0) is 9.53 Å². The summed E-state index contributed by atoms with van der Waals surface area (Å²) in [5.74, 6) is -0.609. The van der Waals surface area contributed by atoms with Gasteiger partial charge < -0.3 is 19.2 Å². The van der Waals surface area contributed by atoms with Crippen molar-refractivity contribution < 1.29 is 23.8 Å². The number of ether oxygens (including phenoxy) is 1. The number of esters is 1. The topological polar surface area (TPSA) is 114 Å². The minimum atomic E-state index is -1.01. The summed E-state index contributed by atoms with van der Waals surface area (Å²) in [5.41, 5.74) is 3.67. The van der Waals surface area contributed by atoms with Gasteiger partial charge in [-0.25, -0.2) is 14.6 Å². The van der Waals surface area contributed by atoms with Crippen molar-refractivity contribution >= 4 is 35.0 Å². The Balaban J connectivity index is 1.62. The number of rotatable bonds is 7. The molecule has 0 amide bonds. The Labute approximate surface area is 240 Å². The van der Waals surface area contributed by atoms with Gasteiger partial charge in [0, 0.05) is 31.4 Å². The Bertz CT molecular complexity index is 1880. The van der Waals surface area contributed by atoms with Crippen LogP contribution in [0, 0.1) is 6.92 Å². The van der Waals surface area contributed by atoms with Crippen molar-refractivity contribution in [2.45, 2.75) is 26.8 Å². The smallest absolute Gasteiger partial charge is 0.338 e. The Hall–Kier alpha value is -4.70. The fraction of sp³-hybridized carbons (Fsp3) is 0.226. The van der Waals surface area contributed by atoms with E-state index in [1.165, 1.54) is 15.9 Å². The Kier molecular flexibility index (Phi) is 7.51. The van der Waals surface area contributed by atoms with Gasteiger partial charge in [0.15, 0.2) is 4.80 Å². The second kappa shape index (κ2) is 11.1. The van der Waals surface area contributed by atoms with Gasteiger partial charge in [0.25, 0.3) is 5.56 Å². The molecule has 0 fully saturated rings. The fourth-order valence-electron chi connectivity index (χ4n) is 4.90. The molecular formula is C31H29N3O6S. The van der Waals surface area contributed by atoms with E-state index in [2.05, 4.69) is 4.99 Å². The first-order chi connectivity index (χ1) is 19.6. The van der Waals surface area contributed by atoms with Gasteiger partial charge in [-0.1, -0.05) is 35.6 Å². The molecule has 0 bridgehead atoms. The summed E-state index contributed by atoms with van der Waals surface area (Å²) < 4.78 is 13.3. The summed E-state index contributed by atoms with van der Waals surface area (Å²) in [6.45, 7) is 5.41. The number of carbonyl (C=O) groups excluding carboxylic acids is 1. The molecule has 4 aromatic rings. The number of benzene rings is 2. The number of carboxylic acids is 1. The highest BCUT2D eigenvalue weighted by Crippen LogP contribution is 2.32. The molecule has 10 heteroatoms. The number of fused-ring (bicyclic) bond motifs is 1. The molecule has 1 aliphatic heterocycles. The van der Waals surface area contributed by atoms with Crippen LogP contribution in [0.15, 0.2) is 80.1 Å². The number of carboxylic acid groups (broad SMARTS) is 1. The molecule has 0 saturated carbocycles. The quantitative estimate of drug-likeness (QED) is 0.332. The molecule has 0 saturated heterocycles. The van der Waals surface area contributed by atoms with Crippen LogP contribution in [0.1, 0.15) is 47.1 Å². The van der Waals surface area contributed by atoms with Crippen LogP contribution < -0.4 is 19.8 Å². The van der Waals surface area contributed by atoms with E-state index in [0.29, 0.717) is 43.3 Å². The number of carbonyl (C=O) groups is 2. The molecule has 1 N–H and O–H groups in total. The van der Waals surface area contributed by atoms with Crippen LogP contribution in [-0.4, -0.2) is 42.3 Å². The molecule has 210 valence electrons. The highest BCUT2D eigenvalue weighted by Gasteiger charge is 2.33. The van der Waals surface area contributed by atoms with Crippen LogP contribution in [0.5, 0.6) is 0 Å². The third-order valence-corrected chi connectivity index (χ3v) is 7.95. The van der Waals surface area contributed by atoms with Crippen molar-refractivity contribution in [2.75, 3.05) is 25.6 Å².